The molecule has 1 heterocycles. The van der Waals surface area contributed by atoms with Crippen molar-refractivity contribution in [2.45, 2.75) is 13.5 Å². The predicted octanol–water partition coefficient (Wildman–Crippen LogP) is 4.73. The summed E-state index contributed by atoms with van der Waals surface area (Å²) in [5, 5.41) is 9.72. The number of halogens is 3. The second-order valence-corrected chi connectivity index (χ2v) is 6.28. The molecule has 0 atom stereocenters. The number of H-pyrrole nitrogens is 1. The van der Waals surface area contributed by atoms with Crippen molar-refractivity contribution in [2.24, 2.45) is 0 Å². The van der Waals surface area contributed by atoms with Crippen LogP contribution in [0.1, 0.15) is 16.8 Å². The van der Waals surface area contributed by atoms with Crippen LogP contribution in [0.2, 0.25) is 5.02 Å². The minimum Gasteiger partial charge on any atom is -0.488 e. The van der Waals surface area contributed by atoms with Crippen LogP contribution in [0.5, 0.6) is 5.75 Å². The van der Waals surface area contributed by atoms with Crippen LogP contribution in [0, 0.1) is 29.9 Å². The zero-order chi connectivity index (χ0) is 19.6. The largest absolute Gasteiger partial charge is 0.488 e. The quantitative estimate of drug-likeness (QED) is 0.704. The molecular weight excluding hydrogens is 374 g/mol. The topological polar surface area (TPSA) is 65.9 Å². The van der Waals surface area contributed by atoms with Gasteiger partial charge in [0, 0.05) is 27.4 Å². The molecule has 0 aliphatic heterocycles. The molecule has 0 aliphatic carbocycles. The van der Waals surface area contributed by atoms with E-state index in [1.54, 1.807) is 31.2 Å². The van der Waals surface area contributed by atoms with Crippen molar-refractivity contribution in [1.29, 1.82) is 5.26 Å². The first kappa shape index (κ1) is 18.6. The molecule has 0 saturated carbocycles. The maximum atomic E-state index is 13.8. The van der Waals surface area contributed by atoms with Gasteiger partial charge in [-0.05, 0) is 49.4 Å². The maximum Gasteiger partial charge on any atom is 0.266 e. The minimum atomic E-state index is -0.600. The maximum absolute atomic E-state index is 13.8. The molecule has 0 spiro atoms. The SMILES string of the molecule is Cc1cc(-c2cc(Cl)ccc2OCc2cc(F)ccc2F)c(C#N)c(=O)[nH]1. The number of aromatic amines is 1. The van der Waals surface area contributed by atoms with E-state index in [1.807, 2.05) is 6.07 Å². The van der Waals surface area contributed by atoms with Crippen LogP contribution < -0.4 is 10.3 Å². The predicted molar refractivity (Wildman–Crippen MR) is 97.7 cm³/mol. The Morgan fingerprint density at radius 2 is 1.93 bits per heavy atom. The third-order valence-electron chi connectivity index (χ3n) is 3.90. The molecule has 27 heavy (non-hydrogen) atoms. The van der Waals surface area contributed by atoms with Gasteiger partial charge in [-0.15, -0.1) is 0 Å². The first-order valence-electron chi connectivity index (χ1n) is 7.89. The number of nitriles is 1. The number of aryl methyl sites for hydroxylation is 1. The number of hydrogen-bond donors (Lipinski definition) is 1. The average Bonchev–Trinajstić information content (AvgIpc) is 2.62. The van der Waals surface area contributed by atoms with Crippen LogP contribution in [0.15, 0.2) is 47.3 Å². The lowest BCUT2D eigenvalue weighted by Crippen LogP contribution is -2.13. The highest BCUT2D eigenvalue weighted by atomic mass is 35.5. The standard InChI is InChI=1S/C20H13ClF2N2O2/c1-11-6-15(17(9-24)20(26)25-11)16-8-13(21)2-5-19(16)27-10-12-7-14(22)3-4-18(12)23/h2-8H,10H2,1H3,(H,25,26). The molecule has 0 amide bonds. The number of ether oxygens (including phenoxy) is 1. The van der Waals surface area contributed by atoms with E-state index >= 15 is 0 Å². The molecule has 0 unspecified atom stereocenters. The highest BCUT2D eigenvalue weighted by Gasteiger charge is 2.16. The number of hydrogen-bond acceptors (Lipinski definition) is 3. The molecule has 1 aromatic heterocycles. The average molecular weight is 387 g/mol. The van der Waals surface area contributed by atoms with E-state index in [0.29, 0.717) is 21.8 Å². The summed E-state index contributed by atoms with van der Waals surface area (Å²) >= 11 is 6.07. The highest BCUT2D eigenvalue weighted by Crippen LogP contribution is 2.34. The molecule has 3 aromatic rings. The lowest BCUT2D eigenvalue weighted by Gasteiger charge is -2.14. The Morgan fingerprint density at radius 3 is 2.67 bits per heavy atom. The van der Waals surface area contributed by atoms with E-state index in [-0.39, 0.29) is 23.5 Å². The van der Waals surface area contributed by atoms with E-state index in [9.17, 15) is 18.8 Å². The lowest BCUT2D eigenvalue weighted by molar-refractivity contribution is 0.300. The smallest absolute Gasteiger partial charge is 0.266 e. The first-order chi connectivity index (χ1) is 12.9. The number of rotatable bonds is 4. The first-order valence-corrected chi connectivity index (χ1v) is 8.27. The van der Waals surface area contributed by atoms with Crippen LogP contribution in [0.4, 0.5) is 8.78 Å². The van der Waals surface area contributed by atoms with Crippen LogP contribution in [-0.4, -0.2) is 4.98 Å². The summed E-state index contributed by atoms with van der Waals surface area (Å²) in [6.45, 7) is 1.45. The van der Waals surface area contributed by atoms with Crippen LogP contribution >= 0.6 is 11.6 Å². The van der Waals surface area contributed by atoms with Crippen LogP contribution in [0.3, 0.4) is 0 Å². The molecule has 0 fully saturated rings. The van der Waals surface area contributed by atoms with E-state index < -0.39 is 17.2 Å². The summed E-state index contributed by atoms with van der Waals surface area (Å²) in [4.78, 5) is 14.6. The summed E-state index contributed by atoms with van der Waals surface area (Å²) in [5.41, 5.74) is 0.717. The Balaban J connectivity index is 2.06. The molecule has 7 heteroatoms. The van der Waals surface area contributed by atoms with Crippen molar-refractivity contribution in [2.75, 3.05) is 0 Å². The molecule has 2 aromatic carbocycles. The molecule has 0 radical (unpaired) electrons. The summed E-state index contributed by atoms with van der Waals surface area (Å²) in [5.74, 6) is -0.899. The van der Waals surface area contributed by atoms with Crippen LogP contribution in [0.25, 0.3) is 11.1 Å². The zero-order valence-corrected chi connectivity index (χ0v) is 14.9. The summed E-state index contributed by atoms with van der Waals surface area (Å²) in [6.07, 6.45) is 0. The van der Waals surface area contributed by atoms with Crippen molar-refractivity contribution in [3.05, 3.63) is 86.3 Å². The summed E-state index contributed by atoms with van der Waals surface area (Å²) < 4.78 is 32.8. The Kier molecular flexibility index (Phi) is 5.24. The van der Waals surface area contributed by atoms with Crippen LogP contribution in [-0.2, 0) is 6.61 Å². The fourth-order valence-electron chi connectivity index (χ4n) is 2.66. The van der Waals surface area contributed by atoms with E-state index in [2.05, 4.69) is 4.98 Å². The minimum absolute atomic E-state index is 0.0403. The van der Waals surface area contributed by atoms with Gasteiger partial charge >= 0.3 is 0 Å². The molecule has 4 nitrogen and oxygen atoms in total. The molecule has 0 bridgehead atoms. The fourth-order valence-corrected chi connectivity index (χ4v) is 2.83. The normalized spacial score (nSPS) is 10.5. The van der Waals surface area contributed by atoms with Gasteiger partial charge in [0.1, 0.15) is 35.6 Å². The Morgan fingerprint density at radius 1 is 1.15 bits per heavy atom. The molecule has 136 valence electrons. The molecule has 0 aliphatic rings. The van der Waals surface area contributed by atoms with E-state index in [4.69, 9.17) is 16.3 Å². The molecular formula is C20H13ClF2N2O2. The van der Waals surface area contributed by atoms with Gasteiger partial charge < -0.3 is 9.72 Å². The molecule has 0 saturated heterocycles. The third-order valence-corrected chi connectivity index (χ3v) is 4.14. The zero-order valence-electron chi connectivity index (χ0n) is 14.1. The van der Waals surface area contributed by atoms with Gasteiger partial charge in [0.2, 0.25) is 0 Å². The monoisotopic (exact) mass is 386 g/mol. The second kappa shape index (κ2) is 7.60. The van der Waals surface area contributed by atoms with Gasteiger partial charge in [-0.1, -0.05) is 11.6 Å². The fraction of sp³-hybridized carbons (Fsp3) is 0.100. The van der Waals surface area contributed by atoms with E-state index in [1.165, 1.54) is 0 Å². The third kappa shape index (κ3) is 3.99. The number of aromatic nitrogens is 1. The highest BCUT2D eigenvalue weighted by molar-refractivity contribution is 6.31. The Hall–Kier alpha value is -3.17. The van der Waals surface area contributed by atoms with E-state index in [0.717, 1.165) is 18.2 Å². The Bertz CT molecular complexity index is 1120. The van der Waals surface area contributed by atoms with Crippen molar-refractivity contribution in [1.82, 2.24) is 4.98 Å². The van der Waals surface area contributed by atoms with Gasteiger partial charge in [0.05, 0.1) is 0 Å². The van der Waals surface area contributed by atoms with Gasteiger partial charge in [-0.2, -0.15) is 5.26 Å². The Labute approximate surface area is 158 Å². The van der Waals surface area contributed by atoms with Gasteiger partial charge in [-0.25, -0.2) is 8.78 Å². The summed E-state index contributed by atoms with van der Waals surface area (Å²) in [7, 11) is 0. The van der Waals surface area contributed by atoms with Crippen molar-refractivity contribution in [3.8, 4) is 22.9 Å². The molecule has 1 N–H and O–H groups in total. The van der Waals surface area contributed by atoms with Gasteiger partial charge in [0.15, 0.2) is 0 Å². The van der Waals surface area contributed by atoms with Gasteiger partial charge in [0.25, 0.3) is 5.56 Å². The number of pyridine rings is 1. The van der Waals surface area contributed by atoms with Crippen molar-refractivity contribution < 1.29 is 13.5 Å². The lowest BCUT2D eigenvalue weighted by atomic mass is 10.00. The number of nitrogens with zero attached hydrogens (tertiary/aromatic N) is 1. The summed E-state index contributed by atoms with van der Waals surface area (Å²) in [6, 6.07) is 11.2. The molecule has 3 rings (SSSR count). The second-order valence-electron chi connectivity index (χ2n) is 5.85. The number of benzene rings is 2. The van der Waals surface area contributed by atoms with Crippen molar-refractivity contribution in [3.63, 3.8) is 0 Å². The van der Waals surface area contributed by atoms with Gasteiger partial charge in [-0.3, -0.25) is 4.79 Å². The van der Waals surface area contributed by atoms with Crippen molar-refractivity contribution >= 4 is 11.6 Å². The number of nitrogens with one attached hydrogen (secondary N) is 1.